The first-order chi connectivity index (χ1) is 7.20. The molecule has 1 aliphatic rings. The summed E-state index contributed by atoms with van der Waals surface area (Å²) in [5, 5.41) is 3.36. The van der Waals surface area contributed by atoms with E-state index in [1.54, 1.807) is 13.0 Å². The zero-order valence-corrected chi connectivity index (χ0v) is 9.04. The summed E-state index contributed by atoms with van der Waals surface area (Å²) in [5.74, 6) is 0.919. The van der Waals surface area contributed by atoms with Crippen LogP contribution in [-0.4, -0.2) is 18.4 Å². The van der Waals surface area contributed by atoms with Crippen LogP contribution in [0.15, 0.2) is 18.2 Å². The molecule has 2 rings (SSSR count). The van der Waals surface area contributed by atoms with E-state index in [1.807, 2.05) is 12.1 Å². The molecule has 0 radical (unpaired) electrons. The minimum absolute atomic E-state index is 0.0817. The first-order valence-corrected chi connectivity index (χ1v) is 5.25. The molecule has 15 heavy (non-hydrogen) atoms. The molecule has 1 aliphatic heterocycles. The molecule has 0 saturated carbocycles. The van der Waals surface area contributed by atoms with Gasteiger partial charge in [-0.3, -0.25) is 4.79 Å². The van der Waals surface area contributed by atoms with Crippen molar-refractivity contribution in [2.24, 2.45) is 0 Å². The summed E-state index contributed by atoms with van der Waals surface area (Å²) < 4.78 is 5.59. The van der Waals surface area contributed by atoms with E-state index in [9.17, 15) is 4.79 Å². The Morgan fingerprint density at radius 2 is 2.40 bits per heavy atom. The minimum atomic E-state index is 0.0817. The van der Waals surface area contributed by atoms with Crippen molar-refractivity contribution in [1.29, 1.82) is 0 Å². The SMILES string of the molecule is CCC1COc2ccc(C(C)=O)cc2N1. The first kappa shape index (κ1) is 10.0. The van der Waals surface area contributed by atoms with Gasteiger partial charge in [-0.05, 0) is 31.5 Å². The first-order valence-electron chi connectivity index (χ1n) is 5.25. The molecule has 0 aliphatic carbocycles. The Bertz CT molecular complexity index is 387. The summed E-state index contributed by atoms with van der Waals surface area (Å²) in [5.41, 5.74) is 1.66. The lowest BCUT2D eigenvalue weighted by Crippen LogP contribution is -2.30. The quantitative estimate of drug-likeness (QED) is 0.754. The third-order valence-corrected chi connectivity index (χ3v) is 2.68. The second-order valence-corrected chi connectivity index (χ2v) is 3.83. The molecule has 0 fully saturated rings. The molecule has 1 aromatic rings. The lowest BCUT2D eigenvalue weighted by atomic mass is 10.1. The normalized spacial score (nSPS) is 18.7. The monoisotopic (exact) mass is 205 g/mol. The number of carbonyl (C=O) groups excluding carboxylic acids is 1. The van der Waals surface area contributed by atoms with Crippen LogP contribution >= 0.6 is 0 Å². The van der Waals surface area contributed by atoms with Gasteiger partial charge in [-0.1, -0.05) is 6.92 Å². The zero-order valence-electron chi connectivity index (χ0n) is 9.04. The van der Waals surface area contributed by atoms with E-state index < -0.39 is 0 Å². The van der Waals surface area contributed by atoms with Gasteiger partial charge in [0.1, 0.15) is 12.4 Å². The zero-order chi connectivity index (χ0) is 10.8. The smallest absolute Gasteiger partial charge is 0.159 e. The Kier molecular flexibility index (Phi) is 2.62. The maximum Gasteiger partial charge on any atom is 0.159 e. The molecule has 0 bridgehead atoms. The van der Waals surface area contributed by atoms with E-state index in [0.29, 0.717) is 12.6 Å². The van der Waals surface area contributed by atoms with Gasteiger partial charge in [-0.2, -0.15) is 0 Å². The van der Waals surface area contributed by atoms with Gasteiger partial charge < -0.3 is 10.1 Å². The van der Waals surface area contributed by atoms with Crippen molar-refractivity contribution in [2.75, 3.05) is 11.9 Å². The predicted octanol–water partition coefficient (Wildman–Crippen LogP) is 2.47. The highest BCUT2D eigenvalue weighted by Gasteiger charge is 2.17. The maximum atomic E-state index is 11.2. The molecule has 3 nitrogen and oxygen atoms in total. The van der Waals surface area contributed by atoms with Gasteiger partial charge in [0.25, 0.3) is 0 Å². The molecule has 1 N–H and O–H groups in total. The summed E-state index contributed by atoms with van der Waals surface area (Å²) in [4.78, 5) is 11.2. The summed E-state index contributed by atoms with van der Waals surface area (Å²) in [7, 11) is 0. The molecule has 1 aromatic carbocycles. The second-order valence-electron chi connectivity index (χ2n) is 3.83. The van der Waals surface area contributed by atoms with Crippen LogP contribution in [0.4, 0.5) is 5.69 Å². The fourth-order valence-electron chi connectivity index (χ4n) is 1.66. The molecule has 0 amide bonds. The predicted molar refractivity (Wildman–Crippen MR) is 59.6 cm³/mol. The van der Waals surface area contributed by atoms with Crippen molar-refractivity contribution in [3.63, 3.8) is 0 Å². The maximum absolute atomic E-state index is 11.2. The standard InChI is InChI=1S/C12H15NO2/c1-3-10-7-15-12-5-4-9(8(2)14)6-11(12)13-10/h4-6,10,13H,3,7H2,1-2H3. The average Bonchev–Trinajstić information content (AvgIpc) is 2.27. The lowest BCUT2D eigenvalue weighted by molar-refractivity contribution is 0.101. The number of nitrogens with one attached hydrogen (secondary N) is 1. The molecular weight excluding hydrogens is 190 g/mol. The van der Waals surface area contributed by atoms with Crippen molar-refractivity contribution < 1.29 is 9.53 Å². The van der Waals surface area contributed by atoms with E-state index in [4.69, 9.17) is 4.74 Å². The largest absolute Gasteiger partial charge is 0.489 e. The number of benzene rings is 1. The number of ketones is 1. The van der Waals surface area contributed by atoms with Crippen molar-refractivity contribution in [3.05, 3.63) is 23.8 Å². The number of Topliss-reactive ketones (excluding diaryl/α,β-unsaturated/α-hetero) is 1. The van der Waals surface area contributed by atoms with Gasteiger partial charge in [0.2, 0.25) is 0 Å². The topological polar surface area (TPSA) is 38.3 Å². The molecule has 1 heterocycles. The molecule has 3 heteroatoms. The molecular formula is C12H15NO2. The van der Waals surface area contributed by atoms with Crippen LogP contribution in [0.25, 0.3) is 0 Å². The lowest BCUT2D eigenvalue weighted by Gasteiger charge is -2.26. The van der Waals surface area contributed by atoms with Crippen molar-refractivity contribution in [3.8, 4) is 5.75 Å². The van der Waals surface area contributed by atoms with Crippen LogP contribution in [0, 0.1) is 0 Å². The highest BCUT2D eigenvalue weighted by molar-refractivity contribution is 5.95. The van der Waals surface area contributed by atoms with E-state index in [-0.39, 0.29) is 5.78 Å². The molecule has 1 unspecified atom stereocenters. The number of anilines is 1. The summed E-state index contributed by atoms with van der Waals surface area (Å²) in [6.45, 7) is 4.38. The number of rotatable bonds is 2. The minimum Gasteiger partial charge on any atom is -0.489 e. The van der Waals surface area contributed by atoms with E-state index in [0.717, 1.165) is 23.4 Å². The molecule has 0 spiro atoms. The van der Waals surface area contributed by atoms with Crippen LogP contribution in [0.1, 0.15) is 30.6 Å². The third-order valence-electron chi connectivity index (χ3n) is 2.68. The summed E-state index contributed by atoms with van der Waals surface area (Å²) in [6, 6.07) is 5.86. The fourth-order valence-corrected chi connectivity index (χ4v) is 1.66. The van der Waals surface area contributed by atoms with Gasteiger partial charge in [-0.15, -0.1) is 0 Å². The number of hydrogen-bond donors (Lipinski definition) is 1. The number of hydrogen-bond acceptors (Lipinski definition) is 3. The van der Waals surface area contributed by atoms with Gasteiger partial charge in [-0.25, -0.2) is 0 Å². The van der Waals surface area contributed by atoms with Crippen LogP contribution in [0.3, 0.4) is 0 Å². The number of ether oxygens (including phenoxy) is 1. The van der Waals surface area contributed by atoms with Crippen LogP contribution in [-0.2, 0) is 0 Å². The van der Waals surface area contributed by atoms with E-state index in [1.165, 1.54) is 0 Å². The van der Waals surface area contributed by atoms with Gasteiger partial charge in [0, 0.05) is 5.56 Å². The highest BCUT2D eigenvalue weighted by Crippen LogP contribution is 2.30. The Morgan fingerprint density at radius 1 is 1.60 bits per heavy atom. The van der Waals surface area contributed by atoms with Crippen LogP contribution in [0.5, 0.6) is 5.75 Å². The van der Waals surface area contributed by atoms with Gasteiger partial charge in [0.15, 0.2) is 5.78 Å². The second kappa shape index (κ2) is 3.93. The molecule has 1 atom stereocenters. The van der Waals surface area contributed by atoms with Gasteiger partial charge in [0.05, 0.1) is 11.7 Å². The third kappa shape index (κ3) is 1.96. The summed E-state index contributed by atoms with van der Waals surface area (Å²) in [6.07, 6.45) is 1.02. The molecule has 0 saturated heterocycles. The molecule has 0 aromatic heterocycles. The average molecular weight is 205 g/mol. The fraction of sp³-hybridized carbons (Fsp3) is 0.417. The van der Waals surface area contributed by atoms with Crippen molar-refractivity contribution in [1.82, 2.24) is 0 Å². The Balaban J connectivity index is 2.30. The Hall–Kier alpha value is -1.51. The van der Waals surface area contributed by atoms with Crippen molar-refractivity contribution in [2.45, 2.75) is 26.3 Å². The number of carbonyl (C=O) groups is 1. The van der Waals surface area contributed by atoms with Crippen LogP contribution < -0.4 is 10.1 Å². The Morgan fingerprint density at radius 3 is 3.07 bits per heavy atom. The van der Waals surface area contributed by atoms with Gasteiger partial charge >= 0.3 is 0 Å². The van der Waals surface area contributed by atoms with E-state index >= 15 is 0 Å². The van der Waals surface area contributed by atoms with Crippen LogP contribution in [0.2, 0.25) is 0 Å². The molecule has 80 valence electrons. The highest BCUT2D eigenvalue weighted by atomic mass is 16.5. The summed E-state index contributed by atoms with van der Waals surface area (Å²) >= 11 is 0. The Labute approximate surface area is 89.4 Å². The number of fused-ring (bicyclic) bond motifs is 1. The van der Waals surface area contributed by atoms with E-state index in [2.05, 4.69) is 12.2 Å². The van der Waals surface area contributed by atoms with Crippen molar-refractivity contribution >= 4 is 11.5 Å².